The van der Waals surface area contributed by atoms with Crippen LogP contribution in [-0.4, -0.2) is 177 Å². The van der Waals surface area contributed by atoms with Crippen molar-refractivity contribution in [2.45, 2.75) is 175 Å². The number of carbonyl (C=O) groups is 9. The molecule has 2 atom stereocenters. The second-order valence-electron chi connectivity index (χ2n) is 22.2. The van der Waals surface area contributed by atoms with E-state index in [0.717, 1.165) is 55.9 Å². The van der Waals surface area contributed by atoms with Crippen molar-refractivity contribution in [2.75, 3.05) is 86.7 Å². The maximum absolute atomic E-state index is 13.4. The van der Waals surface area contributed by atoms with Crippen LogP contribution in [0, 0.1) is 12.3 Å². The molecular formula is C61H93N9O15. The third-order valence-corrected chi connectivity index (χ3v) is 14.5. The Morgan fingerprint density at radius 2 is 1.20 bits per heavy atom. The molecule has 24 heteroatoms. The van der Waals surface area contributed by atoms with E-state index < -0.39 is 18.1 Å². The molecule has 3 aromatic rings. The van der Waals surface area contributed by atoms with Crippen molar-refractivity contribution in [1.82, 2.24) is 45.9 Å². The lowest BCUT2D eigenvalue weighted by Crippen LogP contribution is -2.42. The van der Waals surface area contributed by atoms with E-state index in [1.165, 1.54) is 77.2 Å². The second kappa shape index (κ2) is 39.8. The first kappa shape index (κ1) is 70.7. The largest absolute Gasteiger partial charge is 0.469 e. The lowest BCUT2D eigenvalue weighted by Gasteiger charge is -2.22. The van der Waals surface area contributed by atoms with Gasteiger partial charge < -0.3 is 59.4 Å². The maximum atomic E-state index is 13.4. The zero-order valence-electron chi connectivity index (χ0n) is 51.0. The summed E-state index contributed by atoms with van der Waals surface area (Å²) in [4.78, 5) is 121. The molecule has 1 aliphatic heterocycles. The molecule has 4 rings (SSSR count). The molecule has 1 aromatic carbocycles. The van der Waals surface area contributed by atoms with Crippen LogP contribution in [0.2, 0.25) is 0 Å². The van der Waals surface area contributed by atoms with Crippen molar-refractivity contribution in [3.63, 3.8) is 0 Å². The second-order valence-corrected chi connectivity index (χ2v) is 22.2. The summed E-state index contributed by atoms with van der Waals surface area (Å²) in [5.41, 5.74) is 2.88. The minimum atomic E-state index is -0.919. The lowest BCUT2D eigenvalue weighted by atomic mass is 9.91. The third kappa shape index (κ3) is 27.4. The molecule has 472 valence electrons. The number of carbonyl (C=O) groups excluding carboxylic acids is 9. The summed E-state index contributed by atoms with van der Waals surface area (Å²) in [6.45, 7) is 8.91. The zero-order chi connectivity index (χ0) is 61.8. The number of ketones is 1. The Morgan fingerprint density at radius 1 is 0.659 bits per heavy atom. The van der Waals surface area contributed by atoms with E-state index in [0.29, 0.717) is 48.1 Å². The highest BCUT2D eigenvalue weighted by atomic mass is 16.5. The molecule has 0 saturated carbocycles. The van der Waals surface area contributed by atoms with E-state index in [-0.39, 0.29) is 144 Å². The van der Waals surface area contributed by atoms with E-state index in [9.17, 15) is 43.2 Å². The Morgan fingerprint density at radius 3 is 1.75 bits per heavy atom. The molecule has 0 aliphatic carbocycles. The molecule has 3 heterocycles. The van der Waals surface area contributed by atoms with Gasteiger partial charge in [0.15, 0.2) is 5.78 Å². The van der Waals surface area contributed by atoms with E-state index >= 15 is 0 Å². The summed E-state index contributed by atoms with van der Waals surface area (Å²) in [7, 11) is 2.67. The van der Waals surface area contributed by atoms with Crippen molar-refractivity contribution in [1.29, 1.82) is 0 Å². The minimum Gasteiger partial charge on any atom is -0.469 e. The van der Waals surface area contributed by atoms with Crippen LogP contribution in [0.5, 0.6) is 0 Å². The Bertz CT molecular complexity index is 2590. The molecule has 1 fully saturated rings. The monoisotopic (exact) mass is 1190 g/mol. The number of fused-ring (bicyclic) bond motifs is 1. The summed E-state index contributed by atoms with van der Waals surface area (Å²) in [6, 6.07) is 2.30. The molecule has 0 radical (unpaired) electrons. The fraction of sp³-hybridized carbons (Fsp3) is 0.672. The Kier molecular flexibility index (Phi) is 33.1. The van der Waals surface area contributed by atoms with Crippen molar-refractivity contribution in [3.8, 4) is 11.1 Å². The first-order chi connectivity index (χ1) is 40.9. The van der Waals surface area contributed by atoms with Crippen LogP contribution in [0.25, 0.3) is 22.0 Å². The first-order valence-corrected chi connectivity index (χ1v) is 30.1. The molecule has 24 nitrogen and oxygen atoms in total. The van der Waals surface area contributed by atoms with Gasteiger partial charge in [0.25, 0.3) is 0 Å². The number of Topliss-reactive ketones (excluding diaryl/α,β-unsaturated/α-hetero) is 1. The number of amides is 5. The van der Waals surface area contributed by atoms with Crippen LogP contribution in [0.3, 0.4) is 0 Å². The highest BCUT2D eigenvalue weighted by Gasteiger charge is 2.40. The fourth-order valence-corrected chi connectivity index (χ4v) is 9.97. The standard InChI is InChI=1S/C61H93N9O15/c1-44-33-46(34-49-58(45(2)72)68-70(59(44)49)39-56(77)69-43-61(3,4)35-48(69)40-71)47-36-64-51(65-37-47)38-66-55(76)42-85-32-30-83-28-26-63-54(75)41-84-31-29-82-27-25-62-52(73)24-23-50(60(79)81-6)67-53(74)21-19-17-15-13-11-9-7-8-10-12-14-16-18-20-22-57(78)80-5/h33-34,36-37,40,48,50H,7-32,35,38-39,41-43H2,1-6H3,(H,62,73)(H,63,75)(H,66,76)(H,67,74)/t48-,50-/m0/s1. The van der Waals surface area contributed by atoms with Gasteiger partial charge in [0, 0.05) is 69.2 Å². The molecule has 2 aromatic heterocycles. The van der Waals surface area contributed by atoms with Crippen LogP contribution < -0.4 is 21.3 Å². The number of ether oxygens (including phenoxy) is 6. The van der Waals surface area contributed by atoms with E-state index in [1.807, 2.05) is 32.9 Å². The molecule has 5 amide bonds. The van der Waals surface area contributed by atoms with Crippen molar-refractivity contribution in [2.24, 2.45) is 5.41 Å². The number of esters is 2. The summed E-state index contributed by atoms with van der Waals surface area (Å²) in [5.74, 6) is -2.13. The number of nitrogens with one attached hydrogen (secondary N) is 4. The van der Waals surface area contributed by atoms with Crippen LogP contribution in [0.1, 0.15) is 165 Å². The highest BCUT2D eigenvalue weighted by Crippen LogP contribution is 2.34. The number of aldehydes is 1. The van der Waals surface area contributed by atoms with Crippen molar-refractivity contribution >= 4 is 64.4 Å². The third-order valence-electron chi connectivity index (χ3n) is 14.5. The quantitative estimate of drug-likeness (QED) is 0.0232. The Hall–Kier alpha value is -6.76. The number of aryl methyl sites for hydroxylation is 1. The molecule has 0 bridgehead atoms. The summed E-state index contributed by atoms with van der Waals surface area (Å²) >= 11 is 0. The summed E-state index contributed by atoms with van der Waals surface area (Å²) in [5, 5.41) is 16.0. The predicted octanol–water partition coefficient (Wildman–Crippen LogP) is 5.60. The Labute approximate surface area is 500 Å². The van der Waals surface area contributed by atoms with Gasteiger partial charge in [0.05, 0.1) is 72.0 Å². The van der Waals surface area contributed by atoms with E-state index in [2.05, 4.69) is 41.1 Å². The molecule has 0 unspecified atom stereocenters. The molecular weight excluding hydrogens is 1100 g/mol. The van der Waals surface area contributed by atoms with E-state index in [1.54, 1.807) is 17.3 Å². The van der Waals surface area contributed by atoms with Gasteiger partial charge in [-0.1, -0.05) is 90.9 Å². The van der Waals surface area contributed by atoms with Gasteiger partial charge in [0.2, 0.25) is 29.5 Å². The topological polar surface area (TPSA) is 304 Å². The number of unbranched alkanes of at least 4 members (excludes halogenated alkanes) is 13. The smallest absolute Gasteiger partial charge is 0.328 e. The van der Waals surface area contributed by atoms with E-state index in [4.69, 9.17) is 23.7 Å². The van der Waals surface area contributed by atoms with Crippen LogP contribution in [-0.2, 0) is 79.9 Å². The number of nitrogens with zero attached hydrogens (tertiary/aromatic N) is 5. The molecule has 0 spiro atoms. The highest BCUT2D eigenvalue weighted by molar-refractivity contribution is 6.07. The zero-order valence-corrected chi connectivity index (χ0v) is 51.0. The number of aromatic nitrogens is 4. The van der Waals surface area contributed by atoms with Crippen molar-refractivity contribution in [3.05, 3.63) is 41.6 Å². The fourth-order valence-electron chi connectivity index (χ4n) is 9.97. The number of benzene rings is 1. The SMILES string of the molecule is COC(=O)CCCCCCCCCCCCCCCCC(=O)N[C@@H](CCC(=O)NCCOCCOCC(=O)NCCOCCOCC(=O)NCc1ncc(-c2cc(C)c3c(c2)c(C(C)=O)nn3CC(=O)N2CC(C)(C)C[C@H]2C=O)cn1)C(=O)OC. The molecule has 1 saturated heterocycles. The number of rotatable bonds is 45. The first-order valence-electron chi connectivity index (χ1n) is 30.1. The Balaban J connectivity index is 0.950. The van der Waals surface area contributed by atoms with Gasteiger partial charge >= 0.3 is 11.9 Å². The van der Waals surface area contributed by atoms with Crippen LogP contribution in [0.15, 0.2) is 24.5 Å². The average Bonchev–Trinajstić information content (AvgIpc) is 4.21. The van der Waals surface area contributed by atoms with Gasteiger partial charge in [-0.3, -0.25) is 38.2 Å². The van der Waals surface area contributed by atoms with Gasteiger partial charge in [0.1, 0.15) is 43.6 Å². The van der Waals surface area contributed by atoms with Crippen LogP contribution in [0.4, 0.5) is 0 Å². The molecule has 1 aliphatic rings. The number of hydrogen-bond acceptors (Lipinski definition) is 18. The average molecular weight is 1190 g/mol. The van der Waals surface area contributed by atoms with Gasteiger partial charge in [-0.25, -0.2) is 14.8 Å². The van der Waals surface area contributed by atoms with Crippen LogP contribution >= 0.6 is 0 Å². The number of likely N-dealkylation sites (tertiary alicyclic amines) is 1. The van der Waals surface area contributed by atoms with Gasteiger partial charge in [-0.15, -0.1) is 0 Å². The molecule has 85 heavy (non-hydrogen) atoms. The molecule has 4 N–H and O–H groups in total. The van der Waals surface area contributed by atoms with Gasteiger partial charge in [-0.2, -0.15) is 5.10 Å². The minimum absolute atomic E-state index is 0.00755. The number of hydrogen-bond donors (Lipinski definition) is 4. The summed E-state index contributed by atoms with van der Waals surface area (Å²) in [6.07, 6.45) is 21.2. The maximum Gasteiger partial charge on any atom is 0.328 e. The normalized spacial score (nSPS) is 14.0. The van der Waals surface area contributed by atoms with Gasteiger partial charge in [-0.05, 0) is 61.3 Å². The number of methoxy groups -OCH3 is 2. The lowest BCUT2D eigenvalue weighted by molar-refractivity contribution is -0.145. The summed E-state index contributed by atoms with van der Waals surface area (Å²) < 4.78 is 32.8. The van der Waals surface area contributed by atoms with Crippen molar-refractivity contribution < 1.29 is 71.6 Å². The predicted molar refractivity (Wildman–Crippen MR) is 316 cm³/mol.